The van der Waals surface area contributed by atoms with Gasteiger partial charge >= 0.3 is 0 Å². The van der Waals surface area contributed by atoms with Crippen molar-refractivity contribution in [2.24, 2.45) is 0 Å². The maximum absolute atomic E-state index is 10.6. The average Bonchev–Trinajstić information content (AvgIpc) is 1.000. The van der Waals surface area contributed by atoms with Crippen LogP contribution in [0.4, 0.5) is 0 Å². The first-order chi connectivity index (χ1) is 44.9. The molecule has 0 spiro atoms. The highest BCUT2D eigenvalue weighted by atomic mass is 15.3. The number of hydrogen-bond donors (Lipinski definition) is 0. The number of aromatic nitrogens is 6. The molecule has 0 aliphatic heterocycles. The number of fused-ring (bicyclic) bond motifs is 9. The van der Waals surface area contributed by atoms with Gasteiger partial charge in [0.1, 0.15) is 0 Å². The third kappa shape index (κ3) is 6.88. The maximum Gasteiger partial charge on any atom is 0.240 e. The molecular formula is C65H52N6. The lowest BCUT2D eigenvalue weighted by Crippen LogP contribution is -2.10. The zero-order valence-corrected chi connectivity index (χ0v) is 38.9. The molecule has 13 aromatic rings. The number of benzene rings is 9. The molecule has 0 atom stereocenters. The van der Waals surface area contributed by atoms with E-state index in [-0.39, 0.29) is 33.2 Å². The number of hydrogen-bond acceptors (Lipinski definition) is 3. The summed E-state index contributed by atoms with van der Waals surface area (Å²) >= 11 is 0. The van der Waals surface area contributed by atoms with Crippen LogP contribution in [0.5, 0.6) is 0 Å². The predicted molar refractivity (Wildman–Crippen MR) is 297 cm³/mol. The molecule has 0 fully saturated rings. The van der Waals surface area contributed by atoms with E-state index in [1.165, 1.54) is 18.2 Å². The molecule has 13 rings (SSSR count). The van der Waals surface area contributed by atoms with Crippen molar-refractivity contribution in [2.75, 3.05) is 0 Å². The van der Waals surface area contributed by atoms with E-state index in [1.807, 2.05) is 77.9 Å². The standard InChI is InChI=1S/C65H52N6/c1-64(2,3)44-34-36-58-52(39-44)53-40-45(65(4,5)6)35-37-59(53)69(58)60-46(41-20-8-7-9-21-41)28-19-29-47(60)42-22-18-23-43(38-42)61-66-62(70-54-30-14-10-24-48(54)49-25-11-15-31-55(49)70)68-63(67-61)71-56-32-16-12-26-50(56)51-27-13-17-33-57(51)71/h7-40H,1-6H3/i7D,8D,9D,10D,11D,12D,13D,14D,15D,16D,17D,18D,20D,21D,22D,23D,24D,25D,26D,27D,30D,31D,32D,33D,38D. The molecular weight excluding hydrogens is 865 g/mol. The molecule has 0 saturated heterocycles. The molecule has 0 amide bonds. The minimum atomic E-state index is -0.918. The van der Waals surface area contributed by atoms with Gasteiger partial charge in [-0.05, 0) is 87.6 Å². The first-order valence-electron chi connectivity index (χ1n) is 35.1. The lowest BCUT2D eigenvalue weighted by atomic mass is 9.85. The Morgan fingerprint density at radius 3 is 1.24 bits per heavy atom. The van der Waals surface area contributed by atoms with Crippen molar-refractivity contribution >= 4 is 65.4 Å². The first-order valence-corrected chi connectivity index (χ1v) is 22.6. The molecule has 0 radical (unpaired) electrons. The van der Waals surface area contributed by atoms with Crippen molar-refractivity contribution in [1.29, 1.82) is 0 Å². The highest BCUT2D eigenvalue weighted by Crippen LogP contribution is 2.44. The average molecular weight is 942 g/mol. The molecule has 0 aliphatic rings. The highest BCUT2D eigenvalue weighted by Gasteiger charge is 2.25. The number of rotatable bonds is 6. The Labute approximate surface area is 448 Å². The zero-order valence-electron chi connectivity index (χ0n) is 63.9. The second-order valence-electron chi connectivity index (χ2n) is 19.1. The Kier molecular flexibility index (Phi) is 5.36. The van der Waals surface area contributed by atoms with Crippen molar-refractivity contribution in [1.82, 2.24) is 28.7 Å². The van der Waals surface area contributed by atoms with Crippen LogP contribution in [0.2, 0.25) is 0 Å². The van der Waals surface area contributed by atoms with Crippen LogP contribution < -0.4 is 0 Å². The van der Waals surface area contributed by atoms with Crippen molar-refractivity contribution in [3.8, 4) is 51.2 Å². The minimum absolute atomic E-state index is 0.00405. The highest BCUT2D eigenvalue weighted by molar-refractivity contribution is 6.12. The molecule has 0 aliphatic carbocycles. The quantitative estimate of drug-likeness (QED) is 0.167. The Bertz CT molecular complexity index is 5320. The lowest BCUT2D eigenvalue weighted by Gasteiger charge is -2.21. The largest absolute Gasteiger partial charge is 0.308 e. The molecule has 0 saturated carbocycles. The Balaban J connectivity index is 1.25. The predicted octanol–water partition coefficient (Wildman–Crippen LogP) is 16.8. The van der Waals surface area contributed by atoms with Gasteiger partial charge in [-0.3, -0.25) is 9.13 Å². The van der Waals surface area contributed by atoms with Gasteiger partial charge < -0.3 is 4.57 Å². The minimum Gasteiger partial charge on any atom is -0.308 e. The second-order valence-corrected chi connectivity index (χ2v) is 19.1. The summed E-state index contributed by atoms with van der Waals surface area (Å²) in [6, 6.07) is -3.63. The van der Waals surface area contributed by atoms with Gasteiger partial charge in [-0.25, -0.2) is 0 Å². The summed E-state index contributed by atoms with van der Waals surface area (Å²) in [4.78, 5) is 14.3. The van der Waals surface area contributed by atoms with Crippen LogP contribution in [0.25, 0.3) is 117 Å². The van der Waals surface area contributed by atoms with Crippen LogP contribution in [-0.4, -0.2) is 28.7 Å². The molecule has 4 aromatic heterocycles. The Morgan fingerprint density at radius 2 is 0.775 bits per heavy atom. The summed E-state index contributed by atoms with van der Waals surface area (Å²) in [5.41, 5.74) is -1.58. The number of nitrogens with zero attached hydrogens (tertiary/aromatic N) is 6. The summed E-state index contributed by atoms with van der Waals surface area (Å²) in [7, 11) is 0. The molecule has 9 aromatic carbocycles. The Morgan fingerprint density at radius 1 is 0.366 bits per heavy atom. The summed E-state index contributed by atoms with van der Waals surface area (Å²) in [5.74, 6) is -2.48. The van der Waals surface area contributed by atoms with Gasteiger partial charge in [0.25, 0.3) is 0 Å². The van der Waals surface area contributed by atoms with Crippen molar-refractivity contribution < 1.29 is 34.3 Å². The Hall–Kier alpha value is -8.61. The zero-order chi connectivity index (χ0) is 69.9. The van der Waals surface area contributed by atoms with Gasteiger partial charge in [-0.15, -0.1) is 0 Å². The van der Waals surface area contributed by atoms with Gasteiger partial charge in [0.05, 0.1) is 73.1 Å². The van der Waals surface area contributed by atoms with Crippen LogP contribution in [-0.2, 0) is 10.8 Å². The summed E-state index contributed by atoms with van der Waals surface area (Å²) in [6.45, 7) is 12.3. The van der Waals surface area contributed by atoms with Crippen LogP contribution in [0.1, 0.15) is 86.9 Å². The molecule has 71 heavy (non-hydrogen) atoms. The van der Waals surface area contributed by atoms with E-state index in [0.29, 0.717) is 11.0 Å². The molecule has 342 valence electrons. The summed E-state index contributed by atoms with van der Waals surface area (Å²) < 4.78 is 234. The molecule has 4 heterocycles. The fourth-order valence-corrected chi connectivity index (χ4v) is 9.27. The van der Waals surface area contributed by atoms with Crippen molar-refractivity contribution in [3.63, 3.8) is 0 Å². The van der Waals surface area contributed by atoms with Gasteiger partial charge in [-0.2, -0.15) is 15.0 Å². The summed E-state index contributed by atoms with van der Waals surface area (Å²) in [6.07, 6.45) is 0. The van der Waals surface area contributed by atoms with E-state index < -0.39 is 224 Å². The van der Waals surface area contributed by atoms with Crippen LogP contribution >= 0.6 is 0 Å². The van der Waals surface area contributed by atoms with Crippen LogP contribution in [0.15, 0.2) is 206 Å². The normalized spacial score (nSPS) is 17.3. The van der Waals surface area contributed by atoms with E-state index >= 15 is 0 Å². The molecule has 6 heteroatoms. The molecule has 6 nitrogen and oxygen atoms in total. The van der Waals surface area contributed by atoms with Crippen LogP contribution in [0.3, 0.4) is 0 Å². The first kappa shape index (κ1) is 23.8. The fourth-order valence-electron chi connectivity index (χ4n) is 9.27. The topological polar surface area (TPSA) is 53.5 Å². The van der Waals surface area contributed by atoms with Gasteiger partial charge in [0.2, 0.25) is 11.9 Å². The van der Waals surface area contributed by atoms with E-state index in [0.717, 1.165) is 31.0 Å². The number of para-hydroxylation sites is 5. The van der Waals surface area contributed by atoms with E-state index in [9.17, 15) is 19.2 Å². The van der Waals surface area contributed by atoms with Crippen molar-refractivity contribution in [3.05, 3.63) is 217 Å². The molecule has 0 unspecified atom stereocenters. The van der Waals surface area contributed by atoms with E-state index in [1.54, 1.807) is 4.57 Å². The molecule has 0 N–H and O–H groups in total. The SMILES string of the molecule is [2H]c1c([2H])c([2H])c(-c2cccc(-c3c([2H])c([2H])c([2H])c(-c4nc(-n5c6c([2H])c([2H])c([2H])c([2H])c6c6c([2H])c([2H])c([2H])c([2H])c65)nc(-n5c6c([2H])c([2H])c([2H])c([2H])c6c6c([2H])c([2H])c([2H])c([2H])c65)n4)c3[2H])c2-n2c3ccc(C(C)(C)C)cc3c3cc(C(C)(C)C)ccc32)c([2H])c1[2H]. The van der Waals surface area contributed by atoms with E-state index in [4.69, 9.17) is 30.0 Å². The van der Waals surface area contributed by atoms with Crippen LogP contribution in [0, 0.1) is 0 Å². The van der Waals surface area contributed by atoms with Gasteiger partial charge in [-0.1, -0.05) is 193 Å². The summed E-state index contributed by atoms with van der Waals surface area (Å²) in [5, 5.41) is -0.382. The third-order valence-corrected chi connectivity index (χ3v) is 12.7. The van der Waals surface area contributed by atoms with Gasteiger partial charge in [0, 0.05) is 49.0 Å². The lowest BCUT2D eigenvalue weighted by molar-refractivity contribution is 0.590. The fraction of sp³-hybridized carbons (Fsp3) is 0.123. The second kappa shape index (κ2) is 16.0. The van der Waals surface area contributed by atoms with Gasteiger partial charge in [0.15, 0.2) is 5.82 Å². The molecule has 0 bridgehead atoms. The smallest absolute Gasteiger partial charge is 0.240 e. The monoisotopic (exact) mass is 942 g/mol. The van der Waals surface area contributed by atoms with Crippen molar-refractivity contribution in [2.45, 2.75) is 52.4 Å². The maximum atomic E-state index is 10.6. The third-order valence-electron chi connectivity index (χ3n) is 12.7. The van der Waals surface area contributed by atoms with E-state index in [2.05, 4.69) is 0 Å².